The van der Waals surface area contributed by atoms with Gasteiger partial charge in [-0.05, 0) is 37.5 Å². The number of carbonyl (C=O) groups is 1. The van der Waals surface area contributed by atoms with Gasteiger partial charge in [0.1, 0.15) is 5.41 Å². The maximum atomic E-state index is 12.2. The number of unbranched alkanes of at least 4 members (excludes halogenated alkanes) is 1. The van der Waals surface area contributed by atoms with E-state index in [9.17, 15) is 4.79 Å². The first kappa shape index (κ1) is 17.8. The predicted octanol–water partition coefficient (Wildman–Crippen LogP) is 4.82. The average molecular weight is 370 g/mol. The summed E-state index contributed by atoms with van der Waals surface area (Å²) in [5.41, 5.74) is 0.858. The predicted molar refractivity (Wildman–Crippen MR) is 104 cm³/mol. The van der Waals surface area contributed by atoms with Crippen LogP contribution in [0.2, 0.25) is 0 Å². The molecule has 2 aromatic rings. The van der Waals surface area contributed by atoms with Gasteiger partial charge in [-0.1, -0.05) is 18.7 Å². The normalized spacial score (nSPS) is 14.4. The number of fused-ring (bicyclic) bond motifs is 1. The number of hydrogen-bond donors (Lipinski definition) is 1. The van der Waals surface area contributed by atoms with Crippen molar-refractivity contribution in [1.29, 1.82) is 5.26 Å². The van der Waals surface area contributed by atoms with Crippen molar-refractivity contribution in [3.05, 3.63) is 18.2 Å². The second kappa shape index (κ2) is 7.91. The summed E-state index contributed by atoms with van der Waals surface area (Å²) in [6.07, 6.45) is 4.25. The van der Waals surface area contributed by atoms with Gasteiger partial charge < -0.3 is 5.32 Å². The van der Waals surface area contributed by atoms with Gasteiger partial charge in [-0.2, -0.15) is 5.26 Å². The lowest BCUT2D eigenvalue weighted by Gasteiger charge is -2.07. The van der Waals surface area contributed by atoms with E-state index in [1.165, 1.54) is 0 Å². The Morgan fingerprint density at radius 2 is 2.20 bits per heavy atom. The van der Waals surface area contributed by atoms with Gasteiger partial charge in [0.25, 0.3) is 0 Å². The van der Waals surface area contributed by atoms with Crippen molar-refractivity contribution in [2.75, 3.05) is 11.1 Å². The van der Waals surface area contributed by atoms with Crippen molar-refractivity contribution in [3.8, 4) is 17.9 Å². The van der Waals surface area contributed by atoms with Crippen LogP contribution in [0.5, 0.6) is 0 Å². The fourth-order valence-electron chi connectivity index (χ4n) is 2.30. The number of thioether (sulfide) groups is 1. The maximum absolute atomic E-state index is 12.2. The first-order chi connectivity index (χ1) is 12.2. The number of hydrogen-bond acceptors (Lipinski definition) is 5. The molecule has 0 unspecified atom stereocenters. The zero-order chi connectivity index (χ0) is 17.7. The molecule has 1 N–H and O–H groups in total. The maximum Gasteiger partial charge on any atom is 0.244 e. The summed E-state index contributed by atoms with van der Waals surface area (Å²) >= 11 is 3.34. The molecular formula is C19H19N3OS2. The Morgan fingerprint density at radius 3 is 2.92 bits per heavy atom. The Labute approximate surface area is 156 Å². The van der Waals surface area contributed by atoms with Crippen LogP contribution in [0, 0.1) is 28.6 Å². The number of anilines is 1. The van der Waals surface area contributed by atoms with Crippen molar-refractivity contribution in [1.82, 2.24) is 4.98 Å². The SMILES string of the molecule is CCCC#CCCSc1nc2ccc(NC(=O)C3(C#N)CC3)cc2s1. The summed E-state index contributed by atoms with van der Waals surface area (Å²) in [4.78, 5) is 16.8. The lowest BCUT2D eigenvalue weighted by molar-refractivity contribution is -0.119. The second-order valence-corrected chi connectivity index (χ2v) is 8.39. The quantitative estimate of drug-likeness (QED) is 0.450. The highest BCUT2D eigenvalue weighted by Crippen LogP contribution is 2.45. The molecule has 1 saturated carbocycles. The molecule has 0 radical (unpaired) electrons. The van der Waals surface area contributed by atoms with Crippen LogP contribution in [-0.2, 0) is 4.79 Å². The van der Waals surface area contributed by atoms with Crippen molar-refractivity contribution >= 4 is 44.9 Å². The number of benzene rings is 1. The zero-order valence-corrected chi connectivity index (χ0v) is 15.7. The molecule has 1 aromatic heterocycles. The lowest BCUT2D eigenvalue weighted by Crippen LogP contribution is -2.22. The molecule has 1 heterocycles. The van der Waals surface area contributed by atoms with Gasteiger partial charge in [0.2, 0.25) is 5.91 Å². The van der Waals surface area contributed by atoms with Crippen molar-refractivity contribution < 1.29 is 4.79 Å². The van der Waals surface area contributed by atoms with Gasteiger partial charge in [0, 0.05) is 24.3 Å². The molecule has 25 heavy (non-hydrogen) atoms. The molecule has 0 spiro atoms. The fourth-order valence-corrected chi connectivity index (χ4v) is 4.33. The Hall–Kier alpha value is -2.02. The molecule has 0 saturated heterocycles. The zero-order valence-electron chi connectivity index (χ0n) is 14.1. The monoisotopic (exact) mass is 369 g/mol. The molecule has 1 amide bonds. The van der Waals surface area contributed by atoms with E-state index in [-0.39, 0.29) is 5.91 Å². The van der Waals surface area contributed by atoms with Crippen LogP contribution in [0.25, 0.3) is 10.2 Å². The molecule has 1 aromatic carbocycles. The molecule has 0 atom stereocenters. The Bertz CT molecular complexity index is 881. The lowest BCUT2D eigenvalue weighted by atomic mass is 10.1. The summed E-state index contributed by atoms with van der Waals surface area (Å²) < 4.78 is 2.06. The average Bonchev–Trinajstić information content (AvgIpc) is 3.32. The van der Waals surface area contributed by atoms with Crippen molar-refractivity contribution in [2.45, 2.75) is 43.4 Å². The number of nitriles is 1. The Kier molecular flexibility index (Phi) is 5.63. The van der Waals surface area contributed by atoms with E-state index in [1.54, 1.807) is 23.1 Å². The molecule has 0 aliphatic heterocycles. The highest BCUT2D eigenvalue weighted by Gasteiger charge is 2.50. The number of nitrogens with zero attached hydrogens (tertiary/aromatic N) is 2. The van der Waals surface area contributed by atoms with Crippen LogP contribution in [0.1, 0.15) is 39.0 Å². The van der Waals surface area contributed by atoms with Crippen LogP contribution in [-0.4, -0.2) is 16.6 Å². The number of aromatic nitrogens is 1. The van der Waals surface area contributed by atoms with E-state index >= 15 is 0 Å². The fraction of sp³-hybridized carbons (Fsp3) is 0.421. The molecular weight excluding hydrogens is 350 g/mol. The third-order valence-electron chi connectivity index (χ3n) is 3.98. The number of nitrogens with one attached hydrogen (secondary N) is 1. The third kappa shape index (κ3) is 4.34. The summed E-state index contributed by atoms with van der Waals surface area (Å²) in [6.45, 7) is 2.13. The van der Waals surface area contributed by atoms with E-state index in [0.717, 1.165) is 45.3 Å². The first-order valence-electron chi connectivity index (χ1n) is 8.39. The van der Waals surface area contributed by atoms with Gasteiger partial charge in [-0.3, -0.25) is 4.79 Å². The molecule has 0 bridgehead atoms. The van der Waals surface area contributed by atoms with Crippen molar-refractivity contribution in [3.63, 3.8) is 0 Å². The summed E-state index contributed by atoms with van der Waals surface area (Å²) in [5.74, 6) is 7.07. The van der Waals surface area contributed by atoms with Gasteiger partial charge in [-0.25, -0.2) is 4.98 Å². The first-order valence-corrected chi connectivity index (χ1v) is 10.2. The van der Waals surface area contributed by atoms with Crippen LogP contribution in [0.3, 0.4) is 0 Å². The molecule has 3 rings (SSSR count). The minimum absolute atomic E-state index is 0.195. The standard InChI is InChI=1S/C19H19N3OS2/c1-2-3-4-5-6-11-24-18-22-15-8-7-14(12-16(15)25-18)21-17(23)19(13-20)9-10-19/h7-8,12H,2-3,6,9-11H2,1H3,(H,21,23). The molecule has 6 heteroatoms. The summed E-state index contributed by atoms with van der Waals surface area (Å²) in [5, 5.41) is 12.0. The summed E-state index contributed by atoms with van der Waals surface area (Å²) in [6, 6.07) is 7.81. The van der Waals surface area contributed by atoms with Gasteiger partial charge >= 0.3 is 0 Å². The van der Waals surface area contributed by atoms with E-state index in [1.807, 2.05) is 18.2 Å². The van der Waals surface area contributed by atoms with E-state index in [0.29, 0.717) is 12.8 Å². The van der Waals surface area contributed by atoms with Crippen LogP contribution >= 0.6 is 23.1 Å². The second-order valence-electron chi connectivity index (χ2n) is 6.01. The molecule has 1 aliphatic carbocycles. The number of carbonyl (C=O) groups excluding carboxylic acids is 1. The van der Waals surface area contributed by atoms with Crippen LogP contribution < -0.4 is 5.32 Å². The van der Waals surface area contributed by atoms with Crippen LogP contribution in [0.15, 0.2) is 22.5 Å². The Morgan fingerprint density at radius 1 is 1.40 bits per heavy atom. The third-order valence-corrected chi connectivity index (χ3v) is 6.14. The van der Waals surface area contributed by atoms with E-state index in [4.69, 9.17) is 5.26 Å². The summed E-state index contributed by atoms with van der Waals surface area (Å²) in [7, 11) is 0. The number of thiazole rings is 1. The van der Waals surface area contributed by atoms with Gasteiger partial charge in [0.15, 0.2) is 4.34 Å². The van der Waals surface area contributed by atoms with Gasteiger partial charge in [-0.15, -0.1) is 23.2 Å². The molecule has 1 fully saturated rings. The molecule has 128 valence electrons. The minimum Gasteiger partial charge on any atom is -0.325 e. The van der Waals surface area contributed by atoms with Crippen LogP contribution in [0.4, 0.5) is 5.69 Å². The minimum atomic E-state index is -0.803. The Balaban J connectivity index is 1.61. The smallest absolute Gasteiger partial charge is 0.244 e. The highest BCUT2D eigenvalue weighted by atomic mass is 32.2. The van der Waals surface area contributed by atoms with Gasteiger partial charge in [0.05, 0.1) is 16.3 Å². The van der Waals surface area contributed by atoms with E-state index < -0.39 is 5.41 Å². The highest BCUT2D eigenvalue weighted by molar-refractivity contribution is 8.01. The van der Waals surface area contributed by atoms with E-state index in [2.05, 4.69) is 35.1 Å². The number of amides is 1. The largest absolute Gasteiger partial charge is 0.325 e. The molecule has 1 aliphatic rings. The topological polar surface area (TPSA) is 65.8 Å². The number of rotatable bonds is 6. The van der Waals surface area contributed by atoms with Crippen molar-refractivity contribution in [2.24, 2.45) is 5.41 Å². The molecule has 4 nitrogen and oxygen atoms in total.